The molecule has 3 rings (SSSR count). The number of fused-ring (bicyclic) bond motifs is 1. The maximum Gasteiger partial charge on any atom is 0.183 e. The Hall–Kier alpha value is -2.07. The zero-order valence-electron chi connectivity index (χ0n) is 16.5. The first-order chi connectivity index (χ1) is 11.8. The molecule has 137 valence electrons. The van der Waals surface area contributed by atoms with E-state index in [1.165, 1.54) is 0 Å². The largest absolute Gasteiger partial charge is 0.286 e. The number of hydroxylamine groups is 4. The molecule has 0 aromatic heterocycles. The van der Waals surface area contributed by atoms with E-state index in [1.54, 1.807) is 0 Å². The summed E-state index contributed by atoms with van der Waals surface area (Å²) in [6.45, 7) is 13.9. The molecule has 1 aromatic rings. The lowest BCUT2D eigenvalue weighted by Gasteiger charge is -2.36. The van der Waals surface area contributed by atoms with Gasteiger partial charge in [-0.3, -0.25) is 5.21 Å². The summed E-state index contributed by atoms with van der Waals surface area (Å²) < 4.78 is 0. The van der Waals surface area contributed by atoms with E-state index in [2.05, 4.69) is 36.1 Å². The van der Waals surface area contributed by atoms with Crippen molar-refractivity contribution in [1.29, 1.82) is 0 Å². The van der Waals surface area contributed by atoms with Crippen LogP contribution in [0, 0.1) is 11.5 Å². The number of hydrogen-bond acceptors (Lipinski definition) is 4. The molecule has 0 amide bonds. The van der Waals surface area contributed by atoms with E-state index in [-0.39, 0.29) is 5.82 Å². The Morgan fingerprint density at radius 1 is 1.12 bits per heavy atom. The minimum atomic E-state index is -1.45. The molecule has 2 aliphatic rings. The second-order valence-electron chi connectivity index (χ2n) is 8.96. The molecule has 0 unspecified atom stereocenters. The molecule has 0 aliphatic carbocycles. The first-order valence-corrected chi connectivity index (χ1v) is 12.3. The summed E-state index contributed by atoms with van der Waals surface area (Å²) in [5.41, 5.74) is 3.23. The van der Waals surface area contributed by atoms with E-state index >= 15 is 0 Å². The van der Waals surface area contributed by atoms with Gasteiger partial charge in [0.05, 0.1) is 16.4 Å². The number of hydrogen-bond donors (Lipinski definition) is 1. The normalized spacial score (nSPS) is 23.1. The topological polar surface area (TPSA) is 59.0 Å². The lowest BCUT2D eigenvalue weighted by molar-refractivity contribution is -0.181. The van der Waals surface area contributed by atoms with Crippen molar-refractivity contribution < 1.29 is 10.4 Å². The van der Waals surface area contributed by atoms with Gasteiger partial charge < -0.3 is 0 Å². The van der Waals surface area contributed by atoms with Crippen molar-refractivity contribution >= 4 is 14.1 Å². The van der Waals surface area contributed by atoms with E-state index < -0.39 is 19.2 Å². The predicted molar refractivity (Wildman–Crippen MR) is 103 cm³/mol. The van der Waals surface area contributed by atoms with Crippen LogP contribution >= 0.6 is 0 Å². The molecule has 1 radical (unpaired) electrons. The minimum Gasteiger partial charge on any atom is -0.286 e. The van der Waals surface area contributed by atoms with Gasteiger partial charge in [0.15, 0.2) is 5.82 Å². The van der Waals surface area contributed by atoms with Gasteiger partial charge in [0.2, 0.25) is 0 Å². The van der Waals surface area contributed by atoms with Crippen LogP contribution in [0.1, 0.15) is 33.3 Å². The highest BCUT2D eigenvalue weighted by molar-refractivity contribution is 6.83. The van der Waals surface area contributed by atoms with Crippen LogP contribution in [0.5, 0.6) is 0 Å². The molecule has 0 saturated carbocycles. The van der Waals surface area contributed by atoms with Gasteiger partial charge in [-0.1, -0.05) is 36.8 Å². The molecule has 26 heavy (non-hydrogen) atoms. The van der Waals surface area contributed by atoms with Crippen molar-refractivity contribution in [3.05, 3.63) is 45.9 Å². The smallest absolute Gasteiger partial charge is 0.183 e. The van der Waals surface area contributed by atoms with Crippen LogP contribution < -0.4 is 10.6 Å². The molecule has 0 spiro atoms. The second-order valence-corrected chi connectivity index (χ2v) is 13.7. The summed E-state index contributed by atoms with van der Waals surface area (Å²) in [5, 5.41) is 27.1. The third-order valence-corrected chi connectivity index (χ3v) is 6.18. The van der Waals surface area contributed by atoms with Crippen molar-refractivity contribution in [2.24, 2.45) is 4.99 Å². The van der Waals surface area contributed by atoms with Gasteiger partial charge in [-0.15, -0.1) is 5.54 Å². The fourth-order valence-corrected chi connectivity index (χ4v) is 3.38. The van der Waals surface area contributed by atoms with Gasteiger partial charge in [-0.25, -0.2) is 10.1 Å². The zero-order valence-corrected chi connectivity index (χ0v) is 17.5. The highest BCUT2D eigenvalue weighted by Gasteiger charge is 2.57. The Balaban J connectivity index is 2.10. The van der Waals surface area contributed by atoms with Crippen molar-refractivity contribution in [2.75, 3.05) is 0 Å². The predicted octanol–water partition coefficient (Wildman–Crippen LogP) is 2.41. The maximum absolute atomic E-state index is 12.8. The van der Waals surface area contributed by atoms with Crippen LogP contribution in [0.2, 0.25) is 19.6 Å². The molecule has 1 saturated heterocycles. The average molecular weight is 369 g/mol. The van der Waals surface area contributed by atoms with Crippen molar-refractivity contribution in [1.82, 2.24) is 10.1 Å². The Morgan fingerprint density at radius 2 is 1.77 bits per heavy atom. The van der Waals surface area contributed by atoms with Gasteiger partial charge in [-0.2, -0.15) is 5.06 Å². The molecule has 6 heteroatoms. The number of nitrogens with zero attached hydrogens (tertiary/aromatic N) is 3. The number of allylic oxidation sites excluding steroid dienone is 1. The molecule has 2 aliphatic heterocycles. The quantitative estimate of drug-likeness (QED) is 0.565. The molecule has 0 bridgehead atoms. The Bertz CT molecular complexity index is 953. The first kappa shape index (κ1) is 18.7. The van der Waals surface area contributed by atoms with Crippen LogP contribution in [0.4, 0.5) is 0 Å². The van der Waals surface area contributed by atoms with Crippen LogP contribution in [-0.2, 0) is 5.21 Å². The summed E-state index contributed by atoms with van der Waals surface area (Å²) in [6.07, 6.45) is 1.84. The van der Waals surface area contributed by atoms with Gasteiger partial charge >= 0.3 is 0 Å². The Kier molecular flexibility index (Phi) is 4.11. The molecule has 0 atom stereocenters. The standard InChI is InChI=1S/C20H26N3O2Si/c1-19(2)20(3,4)23(25)18(22(19)24)17-13-15-9-8-14(12-16(15)21-17)10-11-26(5,6)7/h8-9,12-13,24H,1-7H3/b18-17+. The fourth-order valence-electron chi connectivity index (χ4n) is 2.86. The van der Waals surface area contributed by atoms with Crippen molar-refractivity contribution in [2.45, 2.75) is 58.4 Å². The SMILES string of the molecule is CC1(C)N([O])/C(=C2\C=c3ccc(C#C[Si](C)(C)C)cc3=N2)N(O)C1(C)C. The number of benzene rings is 1. The first-order valence-electron chi connectivity index (χ1n) is 8.79. The highest BCUT2D eigenvalue weighted by atomic mass is 28.3. The van der Waals surface area contributed by atoms with Crippen molar-refractivity contribution in [3.8, 4) is 11.5 Å². The summed E-state index contributed by atoms with van der Waals surface area (Å²) in [5.74, 6) is 3.42. The lowest BCUT2D eigenvalue weighted by Crippen LogP contribution is -2.52. The molecular weight excluding hydrogens is 342 g/mol. The van der Waals surface area contributed by atoms with E-state index in [4.69, 9.17) is 0 Å². The van der Waals surface area contributed by atoms with Crippen LogP contribution in [0.25, 0.3) is 6.08 Å². The summed E-state index contributed by atoms with van der Waals surface area (Å²) in [4.78, 5) is 4.59. The van der Waals surface area contributed by atoms with E-state index in [1.807, 2.05) is 52.0 Å². The molecular formula is C20H26N3O2Si. The van der Waals surface area contributed by atoms with E-state index in [9.17, 15) is 10.4 Å². The van der Waals surface area contributed by atoms with Gasteiger partial charge in [0.25, 0.3) is 0 Å². The van der Waals surface area contributed by atoms with E-state index in [0.29, 0.717) is 5.70 Å². The average Bonchev–Trinajstić information content (AvgIpc) is 2.98. The molecule has 1 fully saturated rings. The Labute approximate surface area is 155 Å². The minimum absolute atomic E-state index is 0.186. The van der Waals surface area contributed by atoms with Gasteiger partial charge in [0.1, 0.15) is 13.8 Å². The molecule has 1 aromatic carbocycles. The third kappa shape index (κ3) is 2.86. The monoisotopic (exact) mass is 368 g/mol. The van der Waals surface area contributed by atoms with Crippen LogP contribution in [0.3, 0.4) is 0 Å². The molecule has 2 heterocycles. The van der Waals surface area contributed by atoms with Gasteiger partial charge in [-0.05, 0) is 45.9 Å². The highest BCUT2D eigenvalue weighted by Crippen LogP contribution is 2.44. The molecule has 1 N–H and O–H groups in total. The summed E-state index contributed by atoms with van der Waals surface area (Å²) >= 11 is 0. The molecule has 5 nitrogen and oxygen atoms in total. The van der Waals surface area contributed by atoms with Crippen molar-refractivity contribution in [3.63, 3.8) is 0 Å². The number of rotatable bonds is 0. The summed E-state index contributed by atoms with van der Waals surface area (Å²) in [7, 11) is -1.45. The second kappa shape index (κ2) is 5.71. The fraction of sp³-hybridized carbons (Fsp3) is 0.450. The Morgan fingerprint density at radius 3 is 2.31 bits per heavy atom. The lowest BCUT2D eigenvalue weighted by atomic mass is 9.84. The van der Waals surface area contributed by atoms with Crippen LogP contribution in [-0.4, -0.2) is 34.5 Å². The van der Waals surface area contributed by atoms with Crippen LogP contribution in [0.15, 0.2) is 34.7 Å². The summed E-state index contributed by atoms with van der Waals surface area (Å²) in [6, 6.07) is 5.87. The maximum atomic E-state index is 12.8. The van der Waals surface area contributed by atoms with Gasteiger partial charge in [0, 0.05) is 10.8 Å². The van der Waals surface area contributed by atoms with E-state index in [0.717, 1.165) is 26.3 Å². The zero-order chi connectivity index (χ0) is 19.5. The third-order valence-electron chi connectivity index (χ3n) is 5.30.